The van der Waals surface area contributed by atoms with Gasteiger partial charge >= 0.3 is 0 Å². The Kier molecular flexibility index (Phi) is 7.42. The van der Waals surface area contributed by atoms with Gasteiger partial charge in [-0.15, -0.1) is 0 Å². The molecule has 0 saturated carbocycles. The summed E-state index contributed by atoms with van der Waals surface area (Å²) in [6, 6.07) is 15.1. The lowest BCUT2D eigenvalue weighted by Gasteiger charge is -2.21. The van der Waals surface area contributed by atoms with E-state index >= 15 is 0 Å². The summed E-state index contributed by atoms with van der Waals surface area (Å²) in [5.74, 6) is 1.39. The van der Waals surface area contributed by atoms with Crippen LogP contribution in [0.2, 0.25) is 0 Å². The largest absolute Gasteiger partial charge is 0.492 e. The van der Waals surface area contributed by atoms with Gasteiger partial charge in [-0.1, -0.05) is 50.5 Å². The monoisotopic (exact) mass is 393 g/mol. The number of benzene rings is 2. The maximum atomic E-state index is 13.5. The molecule has 1 aromatic heterocycles. The van der Waals surface area contributed by atoms with E-state index in [1.165, 1.54) is 19.3 Å². The molecule has 5 heteroatoms. The topological polar surface area (TPSA) is 56.2 Å². The van der Waals surface area contributed by atoms with Crippen LogP contribution in [0.3, 0.4) is 0 Å². The first-order valence-corrected chi connectivity index (χ1v) is 10.6. The SMILES string of the molecule is CCCCCCN[C@@H](C)c1nc2ccccc2c(=O)n1-c1ccccc1OCC. The zero-order chi connectivity index (χ0) is 20.6. The van der Waals surface area contributed by atoms with Gasteiger partial charge in [0, 0.05) is 0 Å². The van der Waals surface area contributed by atoms with E-state index in [1.807, 2.05) is 55.5 Å². The van der Waals surface area contributed by atoms with Gasteiger partial charge in [0.05, 0.1) is 29.2 Å². The first kappa shape index (κ1) is 21.1. The molecule has 1 heterocycles. The minimum atomic E-state index is -0.0719. The van der Waals surface area contributed by atoms with E-state index in [0.717, 1.165) is 24.2 Å². The van der Waals surface area contributed by atoms with Crippen LogP contribution in [0, 0.1) is 0 Å². The smallest absolute Gasteiger partial charge is 0.266 e. The Morgan fingerprint density at radius 3 is 2.59 bits per heavy atom. The Labute approximate surface area is 172 Å². The Morgan fingerprint density at radius 1 is 1.03 bits per heavy atom. The molecular formula is C24H31N3O2. The van der Waals surface area contributed by atoms with Crippen molar-refractivity contribution in [2.45, 2.75) is 52.5 Å². The lowest BCUT2D eigenvalue weighted by atomic mass is 10.1. The van der Waals surface area contributed by atoms with Crippen LogP contribution in [-0.4, -0.2) is 22.7 Å². The van der Waals surface area contributed by atoms with Crippen LogP contribution in [0.4, 0.5) is 0 Å². The van der Waals surface area contributed by atoms with Crippen molar-refractivity contribution in [1.82, 2.24) is 14.9 Å². The summed E-state index contributed by atoms with van der Waals surface area (Å²) in [7, 11) is 0. The highest BCUT2D eigenvalue weighted by Crippen LogP contribution is 2.25. The van der Waals surface area contributed by atoms with Crippen molar-refractivity contribution in [2.75, 3.05) is 13.2 Å². The molecule has 0 amide bonds. The van der Waals surface area contributed by atoms with E-state index in [4.69, 9.17) is 9.72 Å². The molecule has 0 bridgehead atoms. The summed E-state index contributed by atoms with van der Waals surface area (Å²) in [4.78, 5) is 18.3. The molecule has 154 valence electrons. The molecule has 2 aromatic carbocycles. The van der Waals surface area contributed by atoms with Crippen molar-refractivity contribution < 1.29 is 4.74 Å². The maximum Gasteiger partial charge on any atom is 0.266 e. The number of unbranched alkanes of at least 4 members (excludes halogenated alkanes) is 3. The summed E-state index contributed by atoms with van der Waals surface area (Å²) < 4.78 is 7.52. The van der Waals surface area contributed by atoms with Crippen LogP contribution < -0.4 is 15.6 Å². The molecule has 0 unspecified atom stereocenters. The summed E-state index contributed by atoms with van der Waals surface area (Å²) in [6.45, 7) is 7.66. The standard InChI is InChI=1S/C24H31N3O2/c1-4-6-7-12-17-25-18(3)23-26-20-14-9-8-13-19(20)24(28)27(23)21-15-10-11-16-22(21)29-5-2/h8-11,13-16,18,25H,4-7,12,17H2,1-3H3/t18-/m0/s1. The van der Waals surface area contributed by atoms with Gasteiger partial charge in [-0.2, -0.15) is 0 Å². The summed E-state index contributed by atoms with van der Waals surface area (Å²) in [5, 5.41) is 4.16. The third-order valence-corrected chi connectivity index (χ3v) is 5.08. The zero-order valence-electron chi connectivity index (χ0n) is 17.6. The second kappa shape index (κ2) is 10.2. The second-order valence-electron chi connectivity index (χ2n) is 7.26. The molecule has 1 atom stereocenters. The highest BCUT2D eigenvalue weighted by molar-refractivity contribution is 5.78. The molecule has 29 heavy (non-hydrogen) atoms. The number of hydrogen-bond acceptors (Lipinski definition) is 4. The Hall–Kier alpha value is -2.66. The van der Waals surface area contributed by atoms with E-state index in [9.17, 15) is 4.79 Å². The van der Waals surface area contributed by atoms with Crippen LogP contribution >= 0.6 is 0 Å². The third-order valence-electron chi connectivity index (χ3n) is 5.08. The molecule has 0 saturated heterocycles. The number of aromatic nitrogens is 2. The first-order chi connectivity index (χ1) is 14.2. The van der Waals surface area contributed by atoms with Crippen LogP contribution in [0.5, 0.6) is 5.75 Å². The predicted molar refractivity (Wildman–Crippen MR) is 119 cm³/mol. The number of nitrogens with one attached hydrogen (secondary N) is 1. The number of ether oxygens (including phenoxy) is 1. The average Bonchev–Trinajstić information content (AvgIpc) is 2.74. The normalized spacial score (nSPS) is 12.2. The molecule has 0 aliphatic rings. The Balaban J connectivity index is 2.06. The van der Waals surface area contributed by atoms with Crippen molar-refractivity contribution in [2.24, 2.45) is 0 Å². The highest BCUT2D eigenvalue weighted by atomic mass is 16.5. The van der Waals surface area contributed by atoms with Crippen LogP contribution in [0.25, 0.3) is 16.6 Å². The van der Waals surface area contributed by atoms with Gasteiger partial charge in [0.25, 0.3) is 5.56 Å². The third kappa shape index (κ3) is 4.85. The lowest BCUT2D eigenvalue weighted by Crippen LogP contribution is -2.30. The van der Waals surface area contributed by atoms with E-state index in [2.05, 4.69) is 19.2 Å². The zero-order valence-corrected chi connectivity index (χ0v) is 17.6. The minimum Gasteiger partial charge on any atom is -0.492 e. The number of hydrogen-bond donors (Lipinski definition) is 1. The number of nitrogens with zero attached hydrogens (tertiary/aromatic N) is 2. The molecule has 3 aromatic rings. The van der Waals surface area contributed by atoms with Gasteiger partial charge in [0.15, 0.2) is 0 Å². The van der Waals surface area contributed by atoms with Gasteiger partial charge in [-0.05, 0) is 51.1 Å². The van der Waals surface area contributed by atoms with Crippen molar-refractivity contribution in [3.8, 4) is 11.4 Å². The maximum absolute atomic E-state index is 13.5. The Bertz CT molecular complexity index is 997. The quantitative estimate of drug-likeness (QED) is 0.492. The molecule has 0 fully saturated rings. The first-order valence-electron chi connectivity index (χ1n) is 10.6. The van der Waals surface area contributed by atoms with Gasteiger partial charge in [-0.3, -0.25) is 9.36 Å². The molecule has 0 radical (unpaired) electrons. The fourth-order valence-corrected chi connectivity index (χ4v) is 3.55. The van der Waals surface area contributed by atoms with Crippen LogP contribution in [-0.2, 0) is 0 Å². The number of rotatable bonds is 10. The van der Waals surface area contributed by atoms with Gasteiger partial charge in [0.1, 0.15) is 11.6 Å². The fraction of sp³-hybridized carbons (Fsp3) is 0.417. The van der Waals surface area contributed by atoms with Crippen molar-refractivity contribution in [3.63, 3.8) is 0 Å². The number of fused-ring (bicyclic) bond motifs is 1. The molecule has 0 aliphatic heterocycles. The molecule has 0 spiro atoms. The fourth-order valence-electron chi connectivity index (χ4n) is 3.55. The van der Waals surface area contributed by atoms with E-state index in [1.54, 1.807) is 4.57 Å². The van der Waals surface area contributed by atoms with E-state index < -0.39 is 0 Å². The van der Waals surface area contributed by atoms with Crippen molar-refractivity contribution in [3.05, 3.63) is 64.7 Å². The predicted octanol–water partition coefficient (Wildman–Crippen LogP) is 5.02. The van der Waals surface area contributed by atoms with Gasteiger partial charge in [0.2, 0.25) is 0 Å². The highest BCUT2D eigenvalue weighted by Gasteiger charge is 2.19. The van der Waals surface area contributed by atoms with E-state index in [-0.39, 0.29) is 11.6 Å². The molecule has 0 aliphatic carbocycles. The molecule has 5 nitrogen and oxygen atoms in total. The average molecular weight is 394 g/mol. The van der Waals surface area contributed by atoms with Gasteiger partial charge < -0.3 is 10.1 Å². The molecule has 3 rings (SSSR count). The molecular weight excluding hydrogens is 362 g/mol. The summed E-state index contributed by atoms with van der Waals surface area (Å²) >= 11 is 0. The second-order valence-corrected chi connectivity index (χ2v) is 7.26. The summed E-state index contributed by atoms with van der Waals surface area (Å²) in [5.41, 5.74) is 1.38. The van der Waals surface area contributed by atoms with Crippen LogP contribution in [0.1, 0.15) is 58.3 Å². The Morgan fingerprint density at radius 2 is 1.79 bits per heavy atom. The number of para-hydroxylation sites is 3. The van der Waals surface area contributed by atoms with Gasteiger partial charge in [-0.25, -0.2) is 4.98 Å². The summed E-state index contributed by atoms with van der Waals surface area (Å²) in [6.07, 6.45) is 4.79. The lowest BCUT2D eigenvalue weighted by molar-refractivity contribution is 0.338. The van der Waals surface area contributed by atoms with Crippen molar-refractivity contribution >= 4 is 10.9 Å². The minimum absolute atomic E-state index is 0.0661. The molecule has 1 N–H and O–H groups in total. The van der Waals surface area contributed by atoms with Crippen LogP contribution in [0.15, 0.2) is 53.3 Å². The van der Waals surface area contributed by atoms with Crippen molar-refractivity contribution in [1.29, 1.82) is 0 Å². The van der Waals surface area contributed by atoms with E-state index in [0.29, 0.717) is 23.6 Å².